The summed E-state index contributed by atoms with van der Waals surface area (Å²) in [6, 6.07) is 16.8. The summed E-state index contributed by atoms with van der Waals surface area (Å²) in [6.07, 6.45) is 1.61. The summed E-state index contributed by atoms with van der Waals surface area (Å²) in [5, 5.41) is 17.5. The first-order valence-corrected chi connectivity index (χ1v) is 12.3. The van der Waals surface area contributed by atoms with Crippen molar-refractivity contribution in [1.29, 1.82) is 5.26 Å². The predicted octanol–water partition coefficient (Wildman–Crippen LogP) is 3.13. The van der Waals surface area contributed by atoms with Gasteiger partial charge in [-0.05, 0) is 48.9 Å². The number of hydrogen-bond acceptors (Lipinski definition) is 8. The molecule has 0 unspecified atom stereocenters. The number of amidine groups is 1. The summed E-state index contributed by atoms with van der Waals surface area (Å²) in [6.45, 7) is 8.26. The highest BCUT2D eigenvalue weighted by Crippen LogP contribution is 2.32. The van der Waals surface area contributed by atoms with E-state index in [9.17, 15) is 5.26 Å². The van der Waals surface area contributed by atoms with Gasteiger partial charge in [-0.25, -0.2) is 0 Å². The SMILES string of the molecule is C[C@@H]1CN(c2ccc(C#N)c3ncccc23)C[C@H](C2=NCc3ccc(N4CCNCC4)cc3N2)O1. The number of rotatable bonds is 3. The second-order valence-electron chi connectivity index (χ2n) is 9.39. The molecule has 3 aromatic rings. The molecule has 178 valence electrons. The maximum Gasteiger partial charge on any atom is 0.133 e. The van der Waals surface area contributed by atoms with E-state index in [-0.39, 0.29) is 12.2 Å². The summed E-state index contributed by atoms with van der Waals surface area (Å²) in [5.41, 5.74) is 5.98. The van der Waals surface area contributed by atoms with Gasteiger partial charge in [-0.1, -0.05) is 6.07 Å². The van der Waals surface area contributed by atoms with E-state index in [1.54, 1.807) is 6.20 Å². The van der Waals surface area contributed by atoms with Crippen LogP contribution in [0.4, 0.5) is 17.1 Å². The van der Waals surface area contributed by atoms with Gasteiger partial charge in [0, 0.05) is 61.4 Å². The third-order valence-corrected chi connectivity index (χ3v) is 7.03. The van der Waals surface area contributed by atoms with Gasteiger partial charge in [0.25, 0.3) is 0 Å². The van der Waals surface area contributed by atoms with Gasteiger partial charge in [0.1, 0.15) is 18.0 Å². The van der Waals surface area contributed by atoms with Crippen LogP contribution in [0.1, 0.15) is 18.1 Å². The molecular weight excluding hydrogens is 438 g/mol. The molecule has 2 fully saturated rings. The summed E-state index contributed by atoms with van der Waals surface area (Å²) >= 11 is 0. The molecule has 0 spiro atoms. The molecule has 35 heavy (non-hydrogen) atoms. The van der Waals surface area contributed by atoms with Crippen molar-refractivity contribution < 1.29 is 4.74 Å². The van der Waals surface area contributed by atoms with E-state index in [0.29, 0.717) is 18.7 Å². The zero-order valence-electron chi connectivity index (χ0n) is 19.9. The lowest BCUT2D eigenvalue weighted by Gasteiger charge is -2.40. The Hall–Kier alpha value is -3.67. The lowest BCUT2D eigenvalue weighted by molar-refractivity contribution is 0.0204. The van der Waals surface area contributed by atoms with Gasteiger partial charge in [-0.2, -0.15) is 5.26 Å². The molecular formula is C27H29N7O. The van der Waals surface area contributed by atoms with Crippen LogP contribution in [0.5, 0.6) is 0 Å². The third kappa shape index (κ3) is 4.18. The average Bonchev–Trinajstić information content (AvgIpc) is 2.92. The van der Waals surface area contributed by atoms with Crippen molar-refractivity contribution in [2.24, 2.45) is 4.99 Å². The number of ether oxygens (including phenoxy) is 1. The number of nitrogens with one attached hydrogen (secondary N) is 2. The van der Waals surface area contributed by atoms with Crippen LogP contribution in [0.2, 0.25) is 0 Å². The summed E-state index contributed by atoms with van der Waals surface area (Å²) in [5.74, 6) is 0.877. The van der Waals surface area contributed by atoms with Crippen molar-refractivity contribution in [2.45, 2.75) is 25.7 Å². The Morgan fingerprint density at radius 2 is 1.97 bits per heavy atom. The van der Waals surface area contributed by atoms with Crippen LogP contribution >= 0.6 is 0 Å². The third-order valence-electron chi connectivity index (χ3n) is 7.03. The average molecular weight is 468 g/mol. The lowest BCUT2D eigenvalue weighted by Crippen LogP contribution is -2.52. The molecule has 1 aromatic heterocycles. The van der Waals surface area contributed by atoms with E-state index < -0.39 is 0 Å². The van der Waals surface area contributed by atoms with Crippen LogP contribution < -0.4 is 20.4 Å². The Morgan fingerprint density at radius 3 is 2.83 bits per heavy atom. The molecule has 2 aromatic carbocycles. The van der Waals surface area contributed by atoms with Crippen molar-refractivity contribution in [2.75, 3.05) is 54.4 Å². The zero-order valence-corrected chi connectivity index (χ0v) is 19.9. The molecule has 2 N–H and O–H groups in total. The molecule has 3 aliphatic heterocycles. The highest BCUT2D eigenvalue weighted by molar-refractivity contribution is 6.02. The molecule has 8 nitrogen and oxygen atoms in total. The summed E-state index contributed by atoms with van der Waals surface area (Å²) < 4.78 is 6.37. The smallest absolute Gasteiger partial charge is 0.133 e. The number of piperazine rings is 1. The number of nitriles is 1. The van der Waals surface area contributed by atoms with Crippen molar-refractivity contribution in [1.82, 2.24) is 10.3 Å². The van der Waals surface area contributed by atoms with Gasteiger partial charge in [-0.15, -0.1) is 0 Å². The molecule has 0 bridgehead atoms. The van der Waals surface area contributed by atoms with Crippen LogP contribution in [0, 0.1) is 11.3 Å². The number of pyridine rings is 1. The second-order valence-corrected chi connectivity index (χ2v) is 9.39. The minimum atomic E-state index is -0.169. The number of aliphatic imine (C=N–C) groups is 1. The maximum atomic E-state index is 9.52. The number of hydrogen-bond donors (Lipinski definition) is 2. The number of benzene rings is 2. The molecule has 2 saturated heterocycles. The Labute approximate surface area is 205 Å². The molecule has 2 atom stereocenters. The highest BCUT2D eigenvalue weighted by Gasteiger charge is 2.31. The van der Waals surface area contributed by atoms with Gasteiger partial charge in [0.15, 0.2) is 0 Å². The topological polar surface area (TPSA) is 88.8 Å². The maximum absolute atomic E-state index is 9.52. The van der Waals surface area contributed by atoms with Gasteiger partial charge in [-0.3, -0.25) is 9.98 Å². The first kappa shape index (κ1) is 21.8. The fraction of sp³-hybridized carbons (Fsp3) is 0.370. The van der Waals surface area contributed by atoms with Gasteiger partial charge in [0.2, 0.25) is 0 Å². The van der Waals surface area contributed by atoms with Crippen LogP contribution in [-0.4, -0.2) is 62.3 Å². The van der Waals surface area contributed by atoms with Gasteiger partial charge < -0.3 is 25.2 Å². The highest BCUT2D eigenvalue weighted by atomic mass is 16.5. The van der Waals surface area contributed by atoms with E-state index in [0.717, 1.165) is 60.8 Å². The first-order chi connectivity index (χ1) is 17.2. The number of fused-ring (bicyclic) bond motifs is 2. The van der Waals surface area contributed by atoms with Crippen LogP contribution in [0.15, 0.2) is 53.7 Å². The molecule has 3 aliphatic rings. The number of morpholine rings is 1. The molecule has 4 heterocycles. The summed E-state index contributed by atoms with van der Waals surface area (Å²) in [7, 11) is 0. The van der Waals surface area contributed by atoms with Gasteiger partial charge in [0.05, 0.1) is 30.3 Å². The van der Waals surface area contributed by atoms with Crippen LogP contribution in [0.3, 0.4) is 0 Å². The Kier molecular flexibility index (Phi) is 5.72. The normalized spacial score (nSPS) is 22.2. The number of nitrogens with zero attached hydrogens (tertiary/aromatic N) is 5. The molecule has 6 rings (SSSR count). The largest absolute Gasteiger partial charge is 0.369 e. The van der Waals surface area contributed by atoms with Crippen molar-refractivity contribution >= 4 is 33.8 Å². The molecule has 0 amide bonds. The van der Waals surface area contributed by atoms with Crippen LogP contribution in [0.25, 0.3) is 10.9 Å². The van der Waals surface area contributed by atoms with Crippen molar-refractivity contribution in [3.05, 3.63) is 59.8 Å². The Balaban J connectivity index is 1.26. The van der Waals surface area contributed by atoms with Crippen molar-refractivity contribution in [3.63, 3.8) is 0 Å². The van der Waals surface area contributed by atoms with Crippen molar-refractivity contribution in [3.8, 4) is 6.07 Å². The van der Waals surface area contributed by atoms with Crippen LogP contribution in [-0.2, 0) is 11.3 Å². The summed E-state index contributed by atoms with van der Waals surface area (Å²) in [4.78, 5) is 14.1. The monoisotopic (exact) mass is 467 g/mol. The van der Waals surface area contributed by atoms with E-state index in [2.05, 4.69) is 56.6 Å². The van der Waals surface area contributed by atoms with E-state index >= 15 is 0 Å². The quantitative estimate of drug-likeness (QED) is 0.612. The lowest BCUT2D eigenvalue weighted by atomic mass is 10.0. The minimum absolute atomic E-state index is 0.0363. The first-order valence-electron chi connectivity index (χ1n) is 12.3. The van der Waals surface area contributed by atoms with E-state index in [4.69, 9.17) is 9.73 Å². The zero-order chi connectivity index (χ0) is 23.8. The molecule has 0 saturated carbocycles. The second kappa shape index (κ2) is 9.17. The minimum Gasteiger partial charge on any atom is -0.369 e. The van der Waals surface area contributed by atoms with E-state index in [1.807, 2.05) is 24.3 Å². The number of anilines is 3. The molecule has 0 aliphatic carbocycles. The molecule has 0 radical (unpaired) electrons. The fourth-order valence-corrected chi connectivity index (χ4v) is 5.29. The number of aromatic nitrogens is 1. The standard InChI is InChI=1S/C27H29N7O/c1-18-16-34(24-7-5-19(14-28)26-22(24)3-2-8-30-26)17-25(35-18)27-31-15-20-4-6-21(13-23(20)32-27)33-11-9-29-10-12-33/h2-8,13,18,25,29H,9-12,15-17H2,1H3,(H,31,32)/t18-,25-/m1/s1. The van der Waals surface area contributed by atoms with E-state index in [1.165, 1.54) is 11.3 Å². The Morgan fingerprint density at radius 1 is 1.09 bits per heavy atom. The molecule has 8 heteroatoms. The Bertz CT molecular complexity index is 1320. The predicted molar refractivity (Wildman–Crippen MR) is 139 cm³/mol. The van der Waals surface area contributed by atoms with Gasteiger partial charge >= 0.3 is 0 Å². The fourth-order valence-electron chi connectivity index (χ4n) is 5.29.